The van der Waals surface area contributed by atoms with Crippen molar-refractivity contribution in [3.63, 3.8) is 0 Å². The van der Waals surface area contributed by atoms with Crippen LogP contribution in [-0.2, 0) is 0 Å². The lowest BCUT2D eigenvalue weighted by atomic mass is 10.1. The van der Waals surface area contributed by atoms with E-state index in [9.17, 15) is 0 Å². The van der Waals surface area contributed by atoms with E-state index >= 15 is 0 Å². The summed E-state index contributed by atoms with van der Waals surface area (Å²) in [7, 11) is 0. The molecule has 0 unspecified atom stereocenters. The van der Waals surface area contributed by atoms with Crippen molar-refractivity contribution in [2.75, 3.05) is 0 Å². The maximum absolute atomic E-state index is 2.28. The van der Waals surface area contributed by atoms with Crippen LogP contribution in [0.15, 0.2) is 30.3 Å². The minimum atomic E-state index is 1.32. The molecule has 1 rings (SSSR count). The Kier molecular flexibility index (Phi) is 15.6. The monoisotopic (exact) mass is 276 g/mol. The van der Waals surface area contributed by atoms with E-state index in [0.29, 0.717) is 0 Å². The van der Waals surface area contributed by atoms with E-state index in [2.05, 4.69) is 32.9 Å². The molecule has 0 N–H and O–H groups in total. The predicted molar refractivity (Wildman–Crippen MR) is 93.3 cm³/mol. The zero-order valence-corrected chi connectivity index (χ0v) is 14.2. The third kappa shape index (κ3) is 15.3. The molecule has 0 bridgehead atoms. The van der Waals surface area contributed by atoms with Gasteiger partial charge in [-0.15, -0.1) is 0 Å². The van der Waals surface area contributed by atoms with Crippen LogP contribution in [0.4, 0.5) is 0 Å². The Hall–Kier alpha value is -0.780. The van der Waals surface area contributed by atoms with E-state index in [0.717, 1.165) is 0 Å². The topological polar surface area (TPSA) is 0 Å². The average Bonchev–Trinajstić information content (AvgIpc) is 2.47. The summed E-state index contributed by atoms with van der Waals surface area (Å²) in [6.45, 7) is 6.65. The van der Waals surface area contributed by atoms with E-state index in [1.807, 2.05) is 18.2 Å². The predicted octanol–water partition coefficient (Wildman–Crippen LogP) is 7.31. The van der Waals surface area contributed by atoms with Gasteiger partial charge in [-0.2, -0.15) is 0 Å². The molecule has 0 spiro atoms. The van der Waals surface area contributed by atoms with Crippen LogP contribution in [0.2, 0.25) is 0 Å². The van der Waals surface area contributed by atoms with Gasteiger partial charge < -0.3 is 0 Å². The molecule has 0 saturated heterocycles. The zero-order valence-electron chi connectivity index (χ0n) is 14.2. The van der Waals surface area contributed by atoms with Gasteiger partial charge in [-0.3, -0.25) is 0 Å². The van der Waals surface area contributed by atoms with Gasteiger partial charge >= 0.3 is 0 Å². The van der Waals surface area contributed by atoms with Crippen LogP contribution < -0.4 is 0 Å². The molecule has 1 aromatic rings. The van der Waals surface area contributed by atoms with Gasteiger partial charge in [0.2, 0.25) is 0 Å². The zero-order chi connectivity index (χ0) is 14.9. The van der Waals surface area contributed by atoms with Gasteiger partial charge in [0, 0.05) is 0 Å². The van der Waals surface area contributed by atoms with Gasteiger partial charge in [0.15, 0.2) is 0 Å². The first-order valence-corrected chi connectivity index (χ1v) is 8.82. The molecule has 1 aromatic carbocycles. The van der Waals surface area contributed by atoms with E-state index in [1.54, 1.807) is 0 Å². The first-order valence-electron chi connectivity index (χ1n) is 8.82. The molecule has 0 amide bonds. The van der Waals surface area contributed by atoms with Crippen LogP contribution in [0.1, 0.15) is 90.0 Å². The van der Waals surface area contributed by atoms with Crippen LogP contribution in [-0.4, -0.2) is 0 Å². The molecule has 0 heteroatoms. The van der Waals surface area contributed by atoms with Crippen molar-refractivity contribution in [2.24, 2.45) is 0 Å². The van der Waals surface area contributed by atoms with Crippen molar-refractivity contribution in [1.82, 2.24) is 0 Å². The standard InChI is InChI=1S/C13H28.C7H8/c1-3-5-7-9-11-13-12-10-8-6-4-2;1-7-5-3-2-4-6-7/h3-13H2,1-2H3;2-6H,1H3. The van der Waals surface area contributed by atoms with Crippen molar-refractivity contribution in [2.45, 2.75) is 91.4 Å². The average molecular weight is 277 g/mol. The largest absolute Gasteiger partial charge is 0.0654 e. The normalized spacial score (nSPS) is 9.95. The lowest BCUT2D eigenvalue weighted by Crippen LogP contribution is -1.80. The van der Waals surface area contributed by atoms with E-state index < -0.39 is 0 Å². The molecular formula is C20H36. The second kappa shape index (κ2) is 16.3. The van der Waals surface area contributed by atoms with Crippen LogP contribution in [0, 0.1) is 6.92 Å². The SMILES string of the molecule is CCCCCCCCCCCCC.Cc1ccccc1. The highest BCUT2D eigenvalue weighted by molar-refractivity contribution is 5.11. The molecule has 20 heavy (non-hydrogen) atoms. The molecule has 0 aliphatic carbocycles. The van der Waals surface area contributed by atoms with Gasteiger partial charge in [-0.05, 0) is 6.92 Å². The Balaban J connectivity index is 0.000000428. The molecule has 116 valence electrons. The Morgan fingerprint density at radius 2 is 0.900 bits per heavy atom. The van der Waals surface area contributed by atoms with Gasteiger partial charge in [0.1, 0.15) is 0 Å². The van der Waals surface area contributed by atoms with Gasteiger partial charge in [0.05, 0.1) is 0 Å². The molecule has 0 nitrogen and oxygen atoms in total. The number of unbranched alkanes of at least 4 members (excludes halogenated alkanes) is 10. The number of hydrogen-bond acceptors (Lipinski definition) is 0. The third-order valence-electron chi connectivity index (χ3n) is 3.65. The lowest BCUT2D eigenvalue weighted by molar-refractivity contribution is 0.554. The highest BCUT2D eigenvalue weighted by atomic mass is 14.0. The smallest absolute Gasteiger partial charge is 0.0398 e. The Bertz CT molecular complexity index is 253. The maximum Gasteiger partial charge on any atom is -0.0398 e. The van der Waals surface area contributed by atoms with Crippen LogP contribution >= 0.6 is 0 Å². The summed E-state index contributed by atoms with van der Waals surface area (Å²) < 4.78 is 0. The number of rotatable bonds is 10. The van der Waals surface area contributed by atoms with Gasteiger partial charge in [0.25, 0.3) is 0 Å². The first-order chi connectivity index (χ1) is 9.81. The Morgan fingerprint density at radius 1 is 0.550 bits per heavy atom. The van der Waals surface area contributed by atoms with Gasteiger partial charge in [-0.1, -0.05) is 120 Å². The Morgan fingerprint density at radius 3 is 1.15 bits per heavy atom. The van der Waals surface area contributed by atoms with Crippen molar-refractivity contribution >= 4 is 0 Å². The molecule has 0 fully saturated rings. The van der Waals surface area contributed by atoms with Crippen LogP contribution in [0.25, 0.3) is 0 Å². The number of benzene rings is 1. The fraction of sp³-hybridized carbons (Fsp3) is 0.700. The highest BCUT2D eigenvalue weighted by Gasteiger charge is 1.90. The van der Waals surface area contributed by atoms with E-state index in [1.165, 1.54) is 76.2 Å². The maximum atomic E-state index is 2.28. The summed E-state index contributed by atoms with van der Waals surface area (Å²) in [5.74, 6) is 0. The van der Waals surface area contributed by atoms with Crippen LogP contribution in [0.3, 0.4) is 0 Å². The lowest BCUT2D eigenvalue weighted by Gasteiger charge is -2.00. The van der Waals surface area contributed by atoms with E-state index in [-0.39, 0.29) is 0 Å². The minimum Gasteiger partial charge on any atom is -0.0654 e. The van der Waals surface area contributed by atoms with Crippen molar-refractivity contribution < 1.29 is 0 Å². The fourth-order valence-electron chi connectivity index (χ4n) is 2.27. The second-order valence-corrected chi connectivity index (χ2v) is 5.84. The van der Waals surface area contributed by atoms with Gasteiger partial charge in [-0.25, -0.2) is 0 Å². The summed E-state index contributed by atoms with van der Waals surface area (Å²) in [5.41, 5.74) is 1.32. The molecular weight excluding hydrogens is 240 g/mol. The molecule has 0 atom stereocenters. The van der Waals surface area contributed by atoms with Crippen molar-refractivity contribution in [1.29, 1.82) is 0 Å². The summed E-state index contributed by atoms with van der Waals surface area (Å²) in [4.78, 5) is 0. The first kappa shape index (κ1) is 19.2. The second-order valence-electron chi connectivity index (χ2n) is 5.84. The Labute approximate surface area is 128 Å². The van der Waals surface area contributed by atoms with E-state index in [4.69, 9.17) is 0 Å². The minimum absolute atomic E-state index is 1.32. The fourth-order valence-corrected chi connectivity index (χ4v) is 2.27. The summed E-state index contributed by atoms with van der Waals surface area (Å²) >= 11 is 0. The van der Waals surface area contributed by atoms with Crippen LogP contribution in [0.5, 0.6) is 0 Å². The third-order valence-corrected chi connectivity index (χ3v) is 3.65. The number of hydrogen-bond donors (Lipinski definition) is 0. The molecule has 0 aliphatic rings. The quantitative estimate of drug-likeness (QED) is 0.393. The molecule has 0 radical (unpaired) electrons. The number of aryl methyl sites for hydroxylation is 1. The van der Waals surface area contributed by atoms with Crippen molar-refractivity contribution in [3.05, 3.63) is 35.9 Å². The summed E-state index contributed by atoms with van der Waals surface area (Å²) in [5, 5.41) is 0. The molecule has 0 aromatic heterocycles. The van der Waals surface area contributed by atoms with Crippen molar-refractivity contribution in [3.8, 4) is 0 Å². The molecule has 0 aliphatic heterocycles. The highest BCUT2D eigenvalue weighted by Crippen LogP contribution is 2.10. The molecule has 0 saturated carbocycles. The summed E-state index contributed by atoms with van der Waals surface area (Å²) in [6.07, 6.45) is 15.9. The molecule has 0 heterocycles. The summed E-state index contributed by atoms with van der Waals surface area (Å²) in [6, 6.07) is 10.3.